The summed E-state index contributed by atoms with van der Waals surface area (Å²) in [6.07, 6.45) is 2.53. The highest BCUT2D eigenvalue weighted by Gasteiger charge is 2.39. The molecule has 0 radical (unpaired) electrons. The van der Waals surface area contributed by atoms with Gasteiger partial charge in [-0.1, -0.05) is 17.7 Å². The van der Waals surface area contributed by atoms with Crippen LogP contribution in [0.5, 0.6) is 0 Å². The second-order valence-corrected chi connectivity index (χ2v) is 10.2. The SMILES string of the molecule is Cc1ccc(NC(=O)CCNS(=O)(=O)c2ccc3c(c2)C[C@H](C)N3C(=O)C2CC2)cc1. The minimum absolute atomic E-state index is 0.000192. The number of hydrogen-bond donors (Lipinski definition) is 2. The first kappa shape index (κ1) is 21.5. The van der Waals surface area contributed by atoms with Gasteiger partial charge < -0.3 is 10.2 Å². The van der Waals surface area contributed by atoms with Crippen LogP contribution in [0.4, 0.5) is 11.4 Å². The number of hydrogen-bond acceptors (Lipinski definition) is 4. The first-order valence-corrected chi connectivity index (χ1v) is 12.0. The highest BCUT2D eigenvalue weighted by molar-refractivity contribution is 7.89. The molecule has 1 aliphatic carbocycles. The first-order valence-electron chi connectivity index (χ1n) is 10.6. The van der Waals surface area contributed by atoms with Crippen LogP contribution in [0.1, 0.15) is 37.3 Å². The Kier molecular flexibility index (Phi) is 5.85. The van der Waals surface area contributed by atoms with Crippen LogP contribution in [0.3, 0.4) is 0 Å². The number of sulfonamides is 1. The first-order chi connectivity index (χ1) is 14.7. The van der Waals surface area contributed by atoms with Crippen molar-refractivity contribution in [3.05, 3.63) is 53.6 Å². The van der Waals surface area contributed by atoms with Gasteiger partial charge in [-0.2, -0.15) is 0 Å². The summed E-state index contributed by atoms with van der Waals surface area (Å²) in [4.78, 5) is 26.6. The molecule has 1 heterocycles. The predicted molar refractivity (Wildman–Crippen MR) is 119 cm³/mol. The van der Waals surface area contributed by atoms with Crippen molar-refractivity contribution < 1.29 is 18.0 Å². The monoisotopic (exact) mass is 441 g/mol. The van der Waals surface area contributed by atoms with Gasteiger partial charge >= 0.3 is 0 Å². The molecule has 0 spiro atoms. The van der Waals surface area contributed by atoms with E-state index in [0.29, 0.717) is 12.1 Å². The highest BCUT2D eigenvalue weighted by atomic mass is 32.2. The predicted octanol–water partition coefficient (Wildman–Crippen LogP) is 2.99. The fraction of sp³-hybridized carbons (Fsp3) is 0.391. The number of nitrogens with one attached hydrogen (secondary N) is 2. The molecule has 2 N–H and O–H groups in total. The summed E-state index contributed by atoms with van der Waals surface area (Å²) in [5, 5.41) is 2.75. The Morgan fingerprint density at radius 3 is 2.48 bits per heavy atom. The lowest BCUT2D eigenvalue weighted by molar-refractivity contribution is -0.120. The third-order valence-electron chi connectivity index (χ3n) is 5.72. The summed E-state index contributed by atoms with van der Waals surface area (Å²) >= 11 is 0. The van der Waals surface area contributed by atoms with Gasteiger partial charge in [-0.15, -0.1) is 0 Å². The minimum atomic E-state index is -3.75. The lowest BCUT2D eigenvalue weighted by Gasteiger charge is -2.22. The lowest BCUT2D eigenvalue weighted by atomic mass is 10.1. The molecule has 2 aliphatic rings. The molecule has 1 atom stereocenters. The minimum Gasteiger partial charge on any atom is -0.326 e. The van der Waals surface area contributed by atoms with Crippen molar-refractivity contribution in [3.63, 3.8) is 0 Å². The van der Waals surface area contributed by atoms with E-state index in [2.05, 4.69) is 10.0 Å². The van der Waals surface area contributed by atoms with Crippen LogP contribution in [0.2, 0.25) is 0 Å². The maximum atomic E-state index is 12.7. The molecule has 0 aromatic heterocycles. The third kappa shape index (κ3) is 4.80. The number of nitrogens with zero attached hydrogens (tertiary/aromatic N) is 1. The van der Waals surface area contributed by atoms with Crippen LogP contribution in [-0.4, -0.2) is 32.8 Å². The Morgan fingerprint density at radius 1 is 1.10 bits per heavy atom. The molecule has 1 fully saturated rings. The Morgan fingerprint density at radius 2 is 1.81 bits per heavy atom. The van der Waals surface area contributed by atoms with Crippen LogP contribution >= 0.6 is 0 Å². The van der Waals surface area contributed by atoms with Crippen molar-refractivity contribution in [3.8, 4) is 0 Å². The molecule has 2 amide bonds. The Bertz CT molecular complexity index is 1110. The van der Waals surface area contributed by atoms with Gasteiger partial charge in [0.15, 0.2) is 0 Å². The van der Waals surface area contributed by atoms with Gasteiger partial charge in [-0.3, -0.25) is 9.59 Å². The van der Waals surface area contributed by atoms with E-state index in [-0.39, 0.29) is 41.6 Å². The van der Waals surface area contributed by atoms with Crippen molar-refractivity contribution in [1.29, 1.82) is 0 Å². The van der Waals surface area contributed by atoms with E-state index < -0.39 is 10.0 Å². The summed E-state index contributed by atoms with van der Waals surface area (Å²) in [6, 6.07) is 12.3. The number of fused-ring (bicyclic) bond motifs is 1. The number of amides is 2. The molecule has 8 heteroatoms. The average molecular weight is 442 g/mol. The largest absolute Gasteiger partial charge is 0.326 e. The molecular weight excluding hydrogens is 414 g/mol. The Hall–Kier alpha value is -2.71. The van der Waals surface area contributed by atoms with Crippen LogP contribution in [0.25, 0.3) is 0 Å². The molecule has 1 saturated carbocycles. The summed E-state index contributed by atoms with van der Waals surface area (Å²) in [7, 11) is -3.75. The number of aryl methyl sites for hydroxylation is 1. The van der Waals surface area contributed by atoms with Gasteiger partial charge in [0.1, 0.15) is 0 Å². The lowest BCUT2D eigenvalue weighted by Crippen LogP contribution is -2.36. The molecule has 1 aliphatic heterocycles. The molecule has 2 aromatic carbocycles. The van der Waals surface area contributed by atoms with Gasteiger partial charge in [-0.25, -0.2) is 13.1 Å². The van der Waals surface area contributed by atoms with Crippen molar-refractivity contribution in [2.45, 2.75) is 50.5 Å². The molecule has 7 nitrogen and oxygen atoms in total. The second kappa shape index (κ2) is 8.43. The van der Waals surface area contributed by atoms with Gasteiger partial charge in [0.25, 0.3) is 0 Å². The highest BCUT2D eigenvalue weighted by Crippen LogP contribution is 2.39. The molecule has 0 unspecified atom stereocenters. The van der Waals surface area contributed by atoms with Gasteiger partial charge in [0, 0.05) is 36.3 Å². The van der Waals surface area contributed by atoms with E-state index in [0.717, 1.165) is 29.7 Å². The smallest absolute Gasteiger partial charge is 0.240 e. The topological polar surface area (TPSA) is 95.6 Å². The number of benzene rings is 2. The normalized spacial score (nSPS) is 18.0. The molecule has 0 saturated heterocycles. The number of carbonyl (C=O) groups excluding carboxylic acids is 2. The molecule has 0 bridgehead atoms. The standard InChI is InChI=1S/C23H27N3O4S/c1-15-3-7-19(8-4-15)25-22(27)11-12-24-31(29,30)20-9-10-21-18(14-20)13-16(2)26(21)23(28)17-5-6-17/h3-4,7-10,14,16-17,24H,5-6,11-13H2,1-2H3,(H,25,27)/t16-/m0/s1. The van der Waals surface area contributed by atoms with Gasteiger partial charge in [0.05, 0.1) is 4.90 Å². The second-order valence-electron chi connectivity index (χ2n) is 8.39. The zero-order valence-electron chi connectivity index (χ0n) is 17.7. The summed E-state index contributed by atoms with van der Waals surface area (Å²) in [6.45, 7) is 3.95. The molecule has 2 aromatic rings. The van der Waals surface area contributed by atoms with Crippen LogP contribution < -0.4 is 14.9 Å². The number of carbonyl (C=O) groups is 2. The van der Waals surface area contributed by atoms with Gasteiger partial charge in [0.2, 0.25) is 21.8 Å². The van der Waals surface area contributed by atoms with Gasteiger partial charge in [-0.05, 0) is 69.0 Å². The quantitative estimate of drug-likeness (QED) is 0.691. The summed E-state index contributed by atoms with van der Waals surface area (Å²) < 4.78 is 27.9. The fourth-order valence-electron chi connectivity index (χ4n) is 3.88. The van der Waals surface area contributed by atoms with E-state index in [1.165, 1.54) is 6.07 Å². The number of anilines is 2. The maximum absolute atomic E-state index is 12.7. The van der Waals surface area contributed by atoms with Crippen molar-refractivity contribution >= 4 is 33.2 Å². The molecule has 164 valence electrons. The molecule has 4 rings (SSSR count). The Balaban J connectivity index is 1.37. The van der Waals surface area contributed by atoms with E-state index in [1.807, 2.05) is 30.9 Å². The third-order valence-corrected chi connectivity index (χ3v) is 7.18. The molecule has 31 heavy (non-hydrogen) atoms. The zero-order valence-corrected chi connectivity index (χ0v) is 18.5. The maximum Gasteiger partial charge on any atom is 0.240 e. The van der Waals surface area contributed by atoms with Crippen molar-refractivity contribution in [2.24, 2.45) is 5.92 Å². The van der Waals surface area contributed by atoms with E-state index in [4.69, 9.17) is 0 Å². The van der Waals surface area contributed by atoms with Crippen LogP contribution in [-0.2, 0) is 26.0 Å². The Labute approximate surface area is 182 Å². The van der Waals surface area contributed by atoms with Crippen molar-refractivity contribution in [1.82, 2.24) is 4.72 Å². The fourth-order valence-corrected chi connectivity index (χ4v) is 4.96. The number of rotatable bonds is 7. The zero-order chi connectivity index (χ0) is 22.2. The van der Waals surface area contributed by atoms with Crippen LogP contribution in [0, 0.1) is 12.8 Å². The summed E-state index contributed by atoms with van der Waals surface area (Å²) in [5.74, 6) is -0.00679. The molecular formula is C23H27N3O4S. The van der Waals surface area contributed by atoms with Crippen molar-refractivity contribution in [2.75, 3.05) is 16.8 Å². The van der Waals surface area contributed by atoms with Crippen LogP contribution in [0.15, 0.2) is 47.4 Å². The average Bonchev–Trinajstić information content (AvgIpc) is 3.51. The summed E-state index contributed by atoms with van der Waals surface area (Å²) in [5.41, 5.74) is 3.44. The van der Waals surface area contributed by atoms with E-state index in [1.54, 1.807) is 24.3 Å². The van der Waals surface area contributed by atoms with E-state index in [9.17, 15) is 18.0 Å². The van der Waals surface area contributed by atoms with E-state index >= 15 is 0 Å².